The monoisotopic (exact) mass is 355 g/mol. The molecule has 4 nitrogen and oxygen atoms in total. The topological polar surface area (TPSA) is 61.0 Å². The van der Waals surface area contributed by atoms with Crippen molar-refractivity contribution in [1.82, 2.24) is 9.97 Å². The molecule has 0 aliphatic heterocycles. The van der Waals surface area contributed by atoms with Gasteiger partial charge in [-0.2, -0.15) is 0 Å². The highest BCUT2D eigenvalue weighted by Crippen LogP contribution is 2.22. The first-order valence-electron chi connectivity index (χ1n) is 9.09. The molecule has 0 amide bonds. The summed E-state index contributed by atoms with van der Waals surface area (Å²) >= 11 is 0. The lowest BCUT2D eigenvalue weighted by atomic mass is 10.0. The van der Waals surface area contributed by atoms with Gasteiger partial charge >= 0.3 is 0 Å². The normalized spacial score (nSPS) is 10.8. The van der Waals surface area contributed by atoms with Crippen LogP contribution in [-0.2, 0) is 12.8 Å². The number of aryl methyl sites for hydroxylation is 2. The molecule has 3 aromatic carbocycles. The number of nitrogen functional groups attached to an aromatic ring is 1. The van der Waals surface area contributed by atoms with E-state index in [1.807, 2.05) is 60.7 Å². The Hall–Kier alpha value is -3.40. The van der Waals surface area contributed by atoms with Crippen molar-refractivity contribution in [3.05, 3.63) is 90.4 Å². The maximum atomic E-state index is 5.91. The van der Waals surface area contributed by atoms with Crippen molar-refractivity contribution in [3.8, 4) is 11.5 Å². The molecular formula is C23H21N3O. The van der Waals surface area contributed by atoms with Gasteiger partial charge in [-0.15, -0.1) is 0 Å². The maximum absolute atomic E-state index is 5.91. The standard InChI is InChI=1S/C23H21N3O/c24-18-11-14-23-21(15-18)22(25-16-26-23)8-4-5-17-9-12-20(13-10-17)27-19-6-2-1-3-7-19/h1-3,6-7,9-16H,4-5,8,24H2. The fraction of sp³-hybridized carbons (Fsp3) is 0.130. The highest BCUT2D eigenvalue weighted by molar-refractivity contribution is 5.83. The van der Waals surface area contributed by atoms with Crippen molar-refractivity contribution >= 4 is 16.6 Å². The molecule has 4 heteroatoms. The third-order valence-corrected chi connectivity index (χ3v) is 4.52. The predicted molar refractivity (Wildman–Crippen MR) is 109 cm³/mol. The van der Waals surface area contributed by atoms with Crippen LogP contribution in [0.4, 0.5) is 5.69 Å². The van der Waals surface area contributed by atoms with E-state index < -0.39 is 0 Å². The van der Waals surface area contributed by atoms with Crippen molar-refractivity contribution in [3.63, 3.8) is 0 Å². The van der Waals surface area contributed by atoms with Gasteiger partial charge in [-0.1, -0.05) is 30.3 Å². The second-order valence-corrected chi connectivity index (χ2v) is 6.51. The van der Waals surface area contributed by atoms with Crippen LogP contribution in [0.2, 0.25) is 0 Å². The number of nitrogens with two attached hydrogens (primary N) is 1. The molecule has 1 aromatic heterocycles. The van der Waals surface area contributed by atoms with Gasteiger partial charge in [-0.05, 0) is 67.3 Å². The molecule has 0 saturated heterocycles. The molecule has 4 aromatic rings. The van der Waals surface area contributed by atoms with E-state index in [4.69, 9.17) is 10.5 Å². The summed E-state index contributed by atoms with van der Waals surface area (Å²) < 4.78 is 5.84. The molecule has 0 bridgehead atoms. The lowest BCUT2D eigenvalue weighted by Crippen LogP contribution is -1.97. The SMILES string of the molecule is Nc1ccc2ncnc(CCCc3ccc(Oc4ccccc4)cc3)c2c1. The smallest absolute Gasteiger partial charge is 0.127 e. The number of nitrogens with zero attached hydrogens (tertiary/aromatic N) is 2. The molecule has 0 unspecified atom stereocenters. The largest absolute Gasteiger partial charge is 0.457 e. The van der Waals surface area contributed by atoms with Crippen LogP contribution >= 0.6 is 0 Å². The minimum absolute atomic E-state index is 0.743. The van der Waals surface area contributed by atoms with Gasteiger partial charge in [-0.3, -0.25) is 0 Å². The predicted octanol–water partition coefficient (Wildman–Crippen LogP) is 5.18. The van der Waals surface area contributed by atoms with Gasteiger partial charge in [0.2, 0.25) is 0 Å². The van der Waals surface area contributed by atoms with E-state index in [-0.39, 0.29) is 0 Å². The van der Waals surface area contributed by atoms with Gasteiger partial charge in [-0.25, -0.2) is 9.97 Å². The van der Waals surface area contributed by atoms with Gasteiger partial charge in [0.15, 0.2) is 0 Å². The molecule has 0 radical (unpaired) electrons. The summed E-state index contributed by atoms with van der Waals surface area (Å²) in [5, 5.41) is 1.05. The minimum Gasteiger partial charge on any atom is -0.457 e. The van der Waals surface area contributed by atoms with Crippen molar-refractivity contribution in [2.75, 3.05) is 5.73 Å². The Labute approximate surface area is 158 Å². The Morgan fingerprint density at radius 2 is 1.56 bits per heavy atom. The number of hydrogen-bond donors (Lipinski definition) is 1. The van der Waals surface area contributed by atoms with E-state index in [1.54, 1.807) is 6.33 Å². The highest BCUT2D eigenvalue weighted by Gasteiger charge is 2.05. The number of para-hydroxylation sites is 1. The summed E-state index contributed by atoms with van der Waals surface area (Å²) in [7, 11) is 0. The Balaban J connectivity index is 1.37. The van der Waals surface area contributed by atoms with E-state index in [9.17, 15) is 0 Å². The molecule has 0 aliphatic rings. The van der Waals surface area contributed by atoms with Gasteiger partial charge in [0.25, 0.3) is 0 Å². The van der Waals surface area contributed by atoms with Gasteiger partial charge < -0.3 is 10.5 Å². The van der Waals surface area contributed by atoms with Crippen molar-refractivity contribution in [2.45, 2.75) is 19.3 Å². The average molecular weight is 355 g/mol. The molecule has 0 aliphatic carbocycles. The Morgan fingerprint density at radius 3 is 2.37 bits per heavy atom. The summed E-state index contributed by atoms with van der Waals surface area (Å²) in [6.07, 6.45) is 4.52. The summed E-state index contributed by atoms with van der Waals surface area (Å²) in [6.45, 7) is 0. The van der Waals surface area contributed by atoms with Crippen LogP contribution in [0, 0.1) is 0 Å². The molecule has 0 fully saturated rings. The zero-order valence-electron chi connectivity index (χ0n) is 15.0. The number of ether oxygens (including phenoxy) is 1. The van der Waals surface area contributed by atoms with E-state index in [1.165, 1.54) is 5.56 Å². The van der Waals surface area contributed by atoms with Crippen LogP contribution in [0.5, 0.6) is 11.5 Å². The second kappa shape index (κ2) is 7.87. The molecule has 0 spiro atoms. The van der Waals surface area contributed by atoms with E-state index >= 15 is 0 Å². The van der Waals surface area contributed by atoms with Crippen LogP contribution in [0.1, 0.15) is 17.7 Å². The Morgan fingerprint density at radius 1 is 0.778 bits per heavy atom. The van der Waals surface area contributed by atoms with E-state index in [2.05, 4.69) is 22.1 Å². The number of aromatic nitrogens is 2. The third-order valence-electron chi connectivity index (χ3n) is 4.52. The molecule has 2 N–H and O–H groups in total. The summed E-state index contributed by atoms with van der Waals surface area (Å²) in [5.41, 5.74) is 9.94. The summed E-state index contributed by atoms with van der Waals surface area (Å²) in [5.74, 6) is 1.70. The zero-order chi connectivity index (χ0) is 18.5. The van der Waals surface area contributed by atoms with Crippen molar-refractivity contribution in [2.24, 2.45) is 0 Å². The second-order valence-electron chi connectivity index (χ2n) is 6.51. The minimum atomic E-state index is 0.743. The maximum Gasteiger partial charge on any atom is 0.127 e. The fourth-order valence-corrected chi connectivity index (χ4v) is 3.14. The number of anilines is 1. The molecule has 1 heterocycles. The fourth-order valence-electron chi connectivity index (χ4n) is 3.14. The van der Waals surface area contributed by atoms with Crippen molar-refractivity contribution < 1.29 is 4.74 Å². The third kappa shape index (κ3) is 4.23. The summed E-state index contributed by atoms with van der Waals surface area (Å²) in [4.78, 5) is 8.77. The number of fused-ring (bicyclic) bond motifs is 1. The quantitative estimate of drug-likeness (QED) is 0.484. The lowest BCUT2D eigenvalue weighted by molar-refractivity contribution is 0.482. The zero-order valence-corrected chi connectivity index (χ0v) is 15.0. The number of hydrogen-bond acceptors (Lipinski definition) is 4. The molecule has 0 saturated carbocycles. The van der Waals surface area contributed by atoms with Crippen LogP contribution < -0.4 is 10.5 Å². The van der Waals surface area contributed by atoms with Crippen LogP contribution in [0.25, 0.3) is 10.9 Å². The first-order chi connectivity index (χ1) is 13.3. The van der Waals surface area contributed by atoms with Crippen molar-refractivity contribution in [1.29, 1.82) is 0 Å². The Kier molecular flexibility index (Phi) is 4.97. The molecule has 0 atom stereocenters. The number of benzene rings is 3. The van der Waals surface area contributed by atoms with Gasteiger partial charge in [0, 0.05) is 11.1 Å². The lowest BCUT2D eigenvalue weighted by Gasteiger charge is -2.08. The Bertz CT molecular complexity index is 1030. The number of rotatable bonds is 6. The highest BCUT2D eigenvalue weighted by atomic mass is 16.5. The summed E-state index contributed by atoms with van der Waals surface area (Å²) in [6, 6.07) is 23.9. The molecule has 134 valence electrons. The first-order valence-corrected chi connectivity index (χ1v) is 9.09. The van der Waals surface area contributed by atoms with Gasteiger partial charge in [0.05, 0.1) is 11.2 Å². The van der Waals surface area contributed by atoms with Crippen LogP contribution in [0.3, 0.4) is 0 Å². The molecule has 27 heavy (non-hydrogen) atoms. The van der Waals surface area contributed by atoms with E-state index in [0.717, 1.165) is 53.0 Å². The molecule has 4 rings (SSSR count). The first kappa shape index (κ1) is 17.0. The van der Waals surface area contributed by atoms with Gasteiger partial charge in [0.1, 0.15) is 17.8 Å². The van der Waals surface area contributed by atoms with E-state index in [0.29, 0.717) is 0 Å². The van der Waals surface area contributed by atoms with Crippen LogP contribution in [-0.4, -0.2) is 9.97 Å². The average Bonchev–Trinajstić information content (AvgIpc) is 2.70. The molecular weight excluding hydrogens is 334 g/mol. The van der Waals surface area contributed by atoms with Crippen LogP contribution in [0.15, 0.2) is 79.1 Å².